The molecule has 0 aliphatic carbocycles. The Morgan fingerprint density at radius 1 is 1.44 bits per heavy atom. The number of halogens is 1. The molecule has 3 heteroatoms. The summed E-state index contributed by atoms with van der Waals surface area (Å²) >= 11 is 3.57. The van der Waals surface area contributed by atoms with Crippen LogP contribution in [-0.4, -0.2) is 28.2 Å². The van der Waals surface area contributed by atoms with Gasteiger partial charge in [-0.05, 0) is 31.9 Å². The predicted molar refractivity (Wildman–Crippen MR) is 69.3 cm³/mol. The van der Waals surface area contributed by atoms with Gasteiger partial charge < -0.3 is 5.11 Å². The molecule has 2 nitrogen and oxygen atoms in total. The van der Waals surface area contributed by atoms with Gasteiger partial charge in [-0.3, -0.25) is 4.90 Å². The van der Waals surface area contributed by atoms with Gasteiger partial charge in [-0.25, -0.2) is 0 Å². The van der Waals surface area contributed by atoms with E-state index < -0.39 is 0 Å². The Morgan fingerprint density at radius 2 is 2.12 bits per heavy atom. The number of nitrogens with zero attached hydrogens (tertiary/aromatic N) is 1. The zero-order valence-corrected chi connectivity index (χ0v) is 11.4. The minimum absolute atomic E-state index is 0.0920. The highest BCUT2D eigenvalue weighted by molar-refractivity contribution is 9.10. The maximum atomic E-state index is 9.73. The zero-order chi connectivity index (χ0) is 11.8. The van der Waals surface area contributed by atoms with Crippen LogP contribution in [0.5, 0.6) is 0 Å². The third-order valence-electron chi connectivity index (χ3n) is 3.34. The van der Waals surface area contributed by atoms with E-state index in [1.54, 1.807) is 0 Å². The van der Waals surface area contributed by atoms with Crippen molar-refractivity contribution in [2.75, 3.05) is 6.54 Å². The second-order valence-electron chi connectivity index (χ2n) is 5.14. The fourth-order valence-corrected chi connectivity index (χ4v) is 2.79. The summed E-state index contributed by atoms with van der Waals surface area (Å²) in [6.45, 7) is 6.06. The number of β-amino-alcohol motifs (C(OH)–C–C–N with tert-alkyl or cyclic N) is 1. The van der Waals surface area contributed by atoms with Gasteiger partial charge in [0.05, 0.1) is 6.10 Å². The van der Waals surface area contributed by atoms with Crippen LogP contribution >= 0.6 is 15.9 Å². The molecule has 1 N–H and O–H groups in total. The summed E-state index contributed by atoms with van der Waals surface area (Å²) in [7, 11) is 0. The van der Waals surface area contributed by atoms with Gasteiger partial charge in [0.1, 0.15) is 0 Å². The van der Waals surface area contributed by atoms with Crippen LogP contribution in [0.4, 0.5) is 0 Å². The van der Waals surface area contributed by atoms with E-state index in [9.17, 15) is 5.11 Å². The molecular formula is C13H18BrNO. The maximum absolute atomic E-state index is 9.73. The molecule has 0 amide bonds. The summed E-state index contributed by atoms with van der Waals surface area (Å²) in [6.07, 6.45) is 0.676. The van der Waals surface area contributed by atoms with Crippen LogP contribution in [0.3, 0.4) is 0 Å². The van der Waals surface area contributed by atoms with Gasteiger partial charge in [0.2, 0.25) is 0 Å². The Morgan fingerprint density at radius 3 is 2.69 bits per heavy atom. The van der Waals surface area contributed by atoms with Crippen LogP contribution in [0, 0.1) is 0 Å². The van der Waals surface area contributed by atoms with Crippen molar-refractivity contribution in [3.63, 3.8) is 0 Å². The van der Waals surface area contributed by atoms with E-state index in [1.807, 2.05) is 6.07 Å². The third kappa shape index (κ3) is 2.47. The average molecular weight is 284 g/mol. The molecule has 1 heterocycles. The summed E-state index contributed by atoms with van der Waals surface area (Å²) in [6, 6.07) is 8.27. The Kier molecular flexibility index (Phi) is 3.38. The van der Waals surface area contributed by atoms with Crippen molar-refractivity contribution < 1.29 is 5.11 Å². The molecular weight excluding hydrogens is 266 g/mol. The summed E-state index contributed by atoms with van der Waals surface area (Å²) in [5.41, 5.74) is 1.37. The summed E-state index contributed by atoms with van der Waals surface area (Å²) in [5.74, 6) is 0. The second kappa shape index (κ2) is 4.47. The molecule has 88 valence electrons. The molecule has 0 spiro atoms. The highest BCUT2D eigenvalue weighted by Gasteiger charge is 2.37. The Balaban J connectivity index is 2.14. The summed E-state index contributed by atoms with van der Waals surface area (Å²) in [4.78, 5) is 2.34. The molecule has 0 saturated carbocycles. The van der Waals surface area contributed by atoms with Crippen molar-refractivity contribution in [3.8, 4) is 0 Å². The highest BCUT2D eigenvalue weighted by atomic mass is 79.9. The van der Waals surface area contributed by atoms with Crippen molar-refractivity contribution in [1.82, 2.24) is 4.90 Å². The van der Waals surface area contributed by atoms with Crippen LogP contribution in [0.25, 0.3) is 0 Å². The van der Waals surface area contributed by atoms with Crippen LogP contribution in [0.2, 0.25) is 0 Å². The van der Waals surface area contributed by atoms with Gasteiger partial charge in [-0.15, -0.1) is 0 Å². The van der Waals surface area contributed by atoms with Gasteiger partial charge in [0, 0.05) is 23.1 Å². The topological polar surface area (TPSA) is 23.5 Å². The standard InChI is InChI=1S/C13H18BrNO/c1-13(2)7-11(16)9-15(13)8-10-5-3-4-6-12(10)14/h3-6,11,16H,7-9H2,1-2H3. The van der Waals surface area contributed by atoms with Gasteiger partial charge in [-0.2, -0.15) is 0 Å². The molecule has 1 saturated heterocycles. The van der Waals surface area contributed by atoms with Crippen LogP contribution in [-0.2, 0) is 6.54 Å². The van der Waals surface area contributed by atoms with Gasteiger partial charge >= 0.3 is 0 Å². The first-order valence-electron chi connectivity index (χ1n) is 5.65. The first-order valence-corrected chi connectivity index (χ1v) is 6.45. The summed E-state index contributed by atoms with van der Waals surface area (Å²) < 4.78 is 1.15. The van der Waals surface area contributed by atoms with Crippen LogP contribution < -0.4 is 0 Å². The van der Waals surface area contributed by atoms with Crippen molar-refractivity contribution >= 4 is 15.9 Å². The van der Waals surface area contributed by atoms with Gasteiger partial charge in [0.25, 0.3) is 0 Å². The molecule has 1 aliphatic rings. The molecule has 1 aromatic carbocycles. The first-order chi connectivity index (χ1) is 7.49. The number of hydrogen-bond donors (Lipinski definition) is 1. The molecule has 0 radical (unpaired) electrons. The Hall–Kier alpha value is -0.380. The lowest BCUT2D eigenvalue weighted by Crippen LogP contribution is -2.37. The van der Waals surface area contributed by atoms with E-state index in [-0.39, 0.29) is 11.6 Å². The molecule has 0 aromatic heterocycles. The number of hydrogen-bond acceptors (Lipinski definition) is 2. The van der Waals surface area contributed by atoms with E-state index in [2.05, 4.69) is 52.9 Å². The van der Waals surface area contributed by atoms with E-state index in [0.717, 1.165) is 24.0 Å². The quantitative estimate of drug-likeness (QED) is 0.902. The van der Waals surface area contributed by atoms with Gasteiger partial charge in [0.15, 0.2) is 0 Å². The van der Waals surface area contributed by atoms with E-state index >= 15 is 0 Å². The SMILES string of the molecule is CC1(C)CC(O)CN1Cc1ccccc1Br. The van der Waals surface area contributed by atoms with Gasteiger partial charge in [-0.1, -0.05) is 34.1 Å². The molecule has 1 unspecified atom stereocenters. The maximum Gasteiger partial charge on any atom is 0.0684 e. The number of aliphatic hydroxyl groups is 1. The minimum Gasteiger partial charge on any atom is -0.392 e. The van der Waals surface area contributed by atoms with E-state index in [0.29, 0.717) is 0 Å². The largest absolute Gasteiger partial charge is 0.392 e. The number of aliphatic hydroxyl groups excluding tert-OH is 1. The monoisotopic (exact) mass is 283 g/mol. The lowest BCUT2D eigenvalue weighted by atomic mass is 10.0. The predicted octanol–water partition coefficient (Wildman–Crippen LogP) is 2.79. The van der Waals surface area contributed by atoms with Crippen LogP contribution in [0.1, 0.15) is 25.8 Å². The van der Waals surface area contributed by atoms with Crippen LogP contribution in [0.15, 0.2) is 28.7 Å². The number of rotatable bonds is 2. The Bertz CT molecular complexity index is 378. The van der Waals surface area contributed by atoms with Crippen molar-refractivity contribution in [2.24, 2.45) is 0 Å². The fraction of sp³-hybridized carbons (Fsp3) is 0.538. The average Bonchev–Trinajstić information content (AvgIpc) is 2.43. The third-order valence-corrected chi connectivity index (χ3v) is 4.12. The first kappa shape index (κ1) is 12.1. The number of likely N-dealkylation sites (tertiary alicyclic amines) is 1. The lowest BCUT2D eigenvalue weighted by Gasteiger charge is -2.31. The molecule has 1 atom stereocenters. The molecule has 2 rings (SSSR count). The zero-order valence-electron chi connectivity index (χ0n) is 9.78. The molecule has 1 aromatic rings. The van der Waals surface area contributed by atoms with E-state index in [4.69, 9.17) is 0 Å². The lowest BCUT2D eigenvalue weighted by molar-refractivity contribution is 0.156. The van der Waals surface area contributed by atoms with Crippen molar-refractivity contribution in [3.05, 3.63) is 34.3 Å². The smallest absolute Gasteiger partial charge is 0.0684 e. The normalized spacial score (nSPS) is 24.9. The number of benzene rings is 1. The Labute approximate surface area is 105 Å². The molecule has 1 aliphatic heterocycles. The van der Waals surface area contributed by atoms with E-state index in [1.165, 1.54) is 5.56 Å². The highest BCUT2D eigenvalue weighted by Crippen LogP contribution is 2.31. The summed E-state index contributed by atoms with van der Waals surface area (Å²) in [5, 5.41) is 9.73. The molecule has 16 heavy (non-hydrogen) atoms. The minimum atomic E-state index is -0.183. The van der Waals surface area contributed by atoms with Crippen molar-refractivity contribution in [2.45, 2.75) is 38.5 Å². The van der Waals surface area contributed by atoms with Crippen molar-refractivity contribution in [1.29, 1.82) is 0 Å². The molecule has 0 bridgehead atoms. The second-order valence-corrected chi connectivity index (χ2v) is 6.00. The fourth-order valence-electron chi connectivity index (χ4n) is 2.38. The molecule has 1 fully saturated rings.